The molecule has 1 atom stereocenters. The van der Waals surface area contributed by atoms with Gasteiger partial charge in [-0.25, -0.2) is 9.79 Å². The number of allylic oxidation sites excluding steroid dienone is 1. The smallest absolute Gasteiger partial charge is 0.338 e. The molecule has 0 unspecified atom stereocenters. The first kappa shape index (κ1) is 32.2. The zero-order valence-corrected chi connectivity index (χ0v) is 27.1. The minimum absolute atomic E-state index is 0.189. The van der Waals surface area contributed by atoms with Gasteiger partial charge in [0.25, 0.3) is 11.5 Å². The summed E-state index contributed by atoms with van der Waals surface area (Å²) in [6.07, 6.45) is 1.74. The van der Waals surface area contributed by atoms with Crippen molar-refractivity contribution in [3.05, 3.63) is 114 Å². The van der Waals surface area contributed by atoms with Gasteiger partial charge in [-0.3, -0.25) is 14.2 Å². The largest absolute Gasteiger partial charge is 0.494 e. The van der Waals surface area contributed by atoms with Gasteiger partial charge in [0.1, 0.15) is 5.75 Å². The highest BCUT2D eigenvalue weighted by atomic mass is 32.1. The van der Waals surface area contributed by atoms with Crippen molar-refractivity contribution in [2.45, 2.75) is 33.7 Å². The molecule has 11 heteroatoms. The lowest BCUT2D eigenvalue weighted by atomic mass is 9.96. The fraction of sp³-hybridized carbons (Fsp3) is 0.257. The molecule has 1 aliphatic heterocycles. The van der Waals surface area contributed by atoms with E-state index in [1.54, 1.807) is 38.1 Å². The summed E-state index contributed by atoms with van der Waals surface area (Å²) in [5.74, 6) is 0.639. The van der Waals surface area contributed by atoms with Crippen LogP contribution in [0.5, 0.6) is 17.2 Å². The van der Waals surface area contributed by atoms with Crippen LogP contribution in [-0.2, 0) is 14.3 Å². The van der Waals surface area contributed by atoms with Crippen LogP contribution in [0.4, 0.5) is 5.69 Å². The van der Waals surface area contributed by atoms with Crippen molar-refractivity contribution in [2.75, 3.05) is 32.2 Å². The molecule has 3 aromatic carbocycles. The summed E-state index contributed by atoms with van der Waals surface area (Å²) in [5.41, 5.74) is 3.56. The third-order valence-corrected chi connectivity index (χ3v) is 8.27. The van der Waals surface area contributed by atoms with Gasteiger partial charge in [-0.2, -0.15) is 0 Å². The molecule has 0 saturated heterocycles. The molecule has 0 radical (unpaired) electrons. The number of thiazole rings is 1. The molecule has 46 heavy (non-hydrogen) atoms. The Balaban J connectivity index is 1.46. The minimum Gasteiger partial charge on any atom is -0.494 e. The van der Waals surface area contributed by atoms with Gasteiger partial charge in [0.2, 0.25) is 0 Å². The second-order valence-corrected chi connectivity index (χ2v) is 11.4. The number of anilines is 1. The van der Waals surface area contributed by atoms with Crippen LogP contribution in [0.25, 0.3) is 6.08 Å². The highest BCUT2D eigenvalue weighted by Crippen LogP contribution is 2.32. The molecule has 2 heterocycles. The van der Waals surface area contributed by atoms with Crippen molar-refractivity contribution in [1.82, 2.24) is 4.57 Å². The second kappa shape index (κ2) is 14.3. The maximum Gasteiger partial charge on any atom is 0.338 e. The van der Waals surface area contributed by atoms with Crippen LogP contribution >= 0.6 is 11.3 Å². The van der Waals surface area contributed by atoms with Crippen LogP contribution in [-0.4, -0.2) is 43.4 Å². The number of aryl methyl sites for hydroxylation is 1. The molecule has 4 aromatic rings. The molecular weight excluding hydrogens is 606 g/mol. The molecule has 5 rings (SSSR count). The number of carbonyl (C=O) groups excluding carboxylic acids is 2. The van der Waals surface area contributed by atoms with Crippen LogP contribution in [0.1, 0.15) is 43.5 Å². The van der Waals surface area contributed by atoms with E-state index in [-0.39, 0.29) is 24.7 Å². The summed E-state index contributed by atoms with van der Waals surface area (Å²) in [6, 6.07) is 19.3. The average Bonchev–Trinajstić information content (AvgIpc) is 3.35. The molecule has 1 N–H and O–H groups in total. The summed E-state index contributed by atoms with van der Waals surface area (Å²) in [7, 11) is 1.50. The van der Waals surface area contributed by atoms with Gasteiger partial charge in [-0.05, 0) is 80.8 Å². The van der Waals surface area contributed by atoms with E-state index in [9.17, 15) is 14.4 Å². The number of hydrogen-bond donors (Lipinski definition) is 1. The minimum atomic E-state index is -0.732. The van der Waals surface area contributed by atoms with Gasteiger partial charge in [0.15, 0.2) is 22.9 Å². The van der Waals surface area contributed by atoms with Crippen LogP contribution < -0.4 is 34.4 Å². The molecule has 0 aliphatic carbocycles. The maximum atomic E-state index is 14.0. The van der Waals surface area contributed by atoms with Gasteiger partial charge < -0.3 is 24.3 Å². The van der Waals surface area contributed by atoms with E-state index in [2.05, 4.69) is 10.3 Å². The van der Waals surface area contributed by atoms with Crippen molar-refractivity contribution in [3.63, 3.8) is 0 Å². The number of rotatable bonds is 11. The molecule has 1 amide bonds. The predicted molar refractivity (Wildman–Crippen MR) is 176 cm³/mol. The fourth-order valence-corrected chi connectivity index (χ4v) is 6.15. The summed E-state index contributed by atoms with van der Waals surface area (Å²) in [6.45, 7) is 7.79. The van der Waals surface area contributed by atoms with Crippen LogP contribution in [0.15, 0.2) is 87.8 Å². The fourth-order valence-electron chi connectivity index (χ4n) is 5.11. The van der Waals surface area contributed by atoms with Crippen molar-refractivity contribution in [2.24, 2.45) is 4.99 Å². The number of ether oxygens (including phenoxy) is 4. The van der Waals surface area contributed by atoms with E-state index in [0.717, 1.165) is 11.1 Å². The number of fused-ring (bicyclic) bond motifs is 1. The van der Waals surface area contributed by atoms with Crippen LogP contribution in [0.2, 0.25) is 0 Å². The average molecular weight is 642 g/mol. The Morgan fingerprint density at radius 2 is 1.74 bits per heavy atom. The summed E-state index contributed by atoms with van der Waals surface area (Å²) >= 11 is 1.22. The summed E-state index contributed by atoms with van der Waals surface area (Å²) < 4.78 is 24.2. The predicted octanol–water partition coefficient (Wildman–Crippen LogP) is 4.53. The Hall–Kier alpha value is -5.16. The Bertz CT molecular complexity index is 1980. The number of amides is 1. The van der Waals surface area contributed by atoms with Crippen molar-refractivity contribution < 1.29 is 28.5 Å². The topological polar surface area (TPSA) is 117 Å². The SMILES string of the molecule is CCOC(=O)C1=C(C)N=c2s/c(=C/c3ccc(OCC(=O)Nc4ccccc4C)c(OC)c3)c(=O)n2[C@@H]1c1ccc(OCC)cc1. The van der Waals surface area contributed by atoms with Gasteiger partial charge in [-0.1, -0.05) is 47.7 Å². The van der Waals surface area contributed by atoms with Crippen molar-refractivity contribution in [1.29, 1.82) is 0 Å². The molecule has 10 nitrogen and oxygen atoms in total. The van der Waals surface area contributed by atoms with Gasteiger partial charge in [-0.15, -0.1) is 0 Å². The normalized spacial score (nSPS) is 14.3. The number of hydrogen-bond acceptors (Lipinski definition) is 9. The molecule has 0 bridgehead atoms. The number of benzene rings is 3. The second-order valence-electron chi connectivity index (χ2n) is 10.4. The monoisotopic (exact) mass is 641 g/mol. The molecule has 0 fully saturated rings. The van der Waals surface area contributed by atoms with E-state index >= 15 is 0 Å². The third kappa shape index (κ3) is 6.89. The highest BCUT2D eigenvalue weighted by molar-refractivity contribution is 7.07. The number of nitrogens with one attached hydrogen (secondary N) is 1. The molecular formula is C35H35N3O7S. The number of methoxy groups -OCH3 is 1. The van der Waals surface area contributed by atoms with Crippen molar-refractivity contribution >= 4 is 35.0 Å². The number of para-hydroxylation sites is 1. The highest BCUT2D eigenvalue weighted by Gasteiger charge is 2.33. The van der Waals surface area contributed by atoms with E-state index in [1.165, 1.54) is 23.0 Å². The van der Waals surface area contributed by atoms with Crippen molar-refractivity contribution in [3.8, 4) is 17.2 Å². The Morgan fingerprint density at radius 1 is 0.978 bits per heavy atom. The molecule has 0 saturated carbocycles. The number of carbonyl (C=O) groups is 2. The van der Waals surface area contributed by atoms with E-state index < -0.39 is 12.0 Å². The lowest BCUT2D eigenvalue weighted by Gasteiger charge is -2.24. The first-order valence-electron chi connectivity index (χ1n) is 14.8. The number of nitrogens with zero attached hydrogens (tertiary/aromatic N) is 2. The summed E-state index contributed by atoms with van der Waals surface area (Å²) in [5, 5.41) is 2.84. The molecule has 238 valence electrons. The van der Waals surface area contributed by atoms with Crippen LogP contribution in [0.3, 0.4) is 0 Å². The lowest BCUT2D eigenvalue weighted by molar-refractivity contribution is -0.139. The number of esters is 1. The standard InChI is InChI=1S/C35H35N3O7S/c1-6-43-25-15-13-24(14-16-25)32-31(34(41)44-7-2)22(4)36-35-38(32)33(40)29(46-35)19-23-12-17-27(28(18-23)42-5)45-20-30(39)37-26-11-9-8-10-21(26)3/h8-19,32H,6-7,20H2,1-5H3,(H,37,39)/b29-19+/t32-/m1/s1. The Kier molecular flexibility index (Phi) is 10.0. The van der Waals surface area contributed by atoms with E-state index in [1.807, 2.05) is 62.4 Å². The van der Waals surface area contributed by atoms with Gasteiger partial charge in [0, 0.05) is 5.69 Å². The molecule has 1 aliphatic rings. The third-order valence-electron chi connectivity index (χ3n) is 7.29. The lowest BCUT2D eigenvalue weighted by Crippen LogP contribution is -2.39. The van der Waals surface area contributed by atoms with Gasteiger partial charge >= 0.3 is 5.97 Å². The molecule has 0 spiro atoms. The zero-order valence-electron chi connectivity index (χ0n) is 26.3. The maximum absolute atomic E-state index is 14.0. The first-order valence-corrected chi connectivity index (χ1v) is 15.6. The quantitative estimate of drug-likeness (QED) is 0.239. The zero-order chi connectivity index (χ0) is 32.8. The van der Waals surface area contributed by atoms with E-state index in [4.69, 9.17) is 18.9 Å². The van der Waals surface area contributed by atoms with Crippen LogP contribution in [0, 0.1) is 6.92 Å². The Labute approximate surface area is 270 Å². The van der Waals surface area contributed by atoms with Gasteiger partial charge in [0.05, 0.1) is 42.2 Å². The Morgan fingerprint density at radius 3 is 2.43 bits per heavy atom. The van der Waals surface area contributed by atoms with E-state index in [0.29, 0.717) is 55.7 Å². The number of aromatic nitrogens is 1. The first-order chi connectivity index (χ1) is 22.2. The molecule has 1 aromatic heterocycles. The summed E-state index contributed by atoms with van der Waals surface area (Å²) in [4.78, 5) is 44.7.